The molecular formula is C21H20ClN3S. The topological polar surface area (TPSA) is 28.2 Å². The Morgan fingerprint density at radius 3 is 2.31 bits per heavy atom. The number of nitrogens with one attached hydrogen (secondary N) is 1. The van der Waals surface area contributed by atoms with E-state index in [4.69, 9.17) is 23.8 Å². The smallest absolute Gasteiger partial charge is 0.174 e. The molecule has 0 aliphatic heterocycles. The molecule has 0 atom stereocenters. The summed E-state index contributed by atoms with van der Waals surface area (Å²) in [5.74, 6) is 0. The SMILES string of the molecule is Cc1ccc(CN(Cc2ccncc2)C(=S)Nc2cccc(Cl)c2)cc1. The first-order chi connectivity index (χ1) is 12.6. The lowest BCUT2D eigenvalue weighted by molar-refractivity contribution is 0.412. The fraction of sp³-hybridized carbons (Fsp3) is 0.143. The molecule has 26 heavy (non-hydrogen) atoms. The molecule has 1 heterocycles. The lowest BCUT2D eigenvalue weighted by atomic mass is 10.1. The van der Waals surface area contributed by atoms with E-state index in [1.807, 2.05) is 36.4 Å². The molecule has 0 aliphatic rings. The maximum atomic E-state index is 6.08. The predicted octanol–water partition coefficient (Wildman–Crippen LogP) is 5.44. The third kappa shape index (κ3) is 5.28. The maximum Gasteiger partial charge on any atom is 0.174 e. The minimum atomic E-state index is 0.657. The van der Waals surface area contributed by atoms with Crippen molar-refractivity contribution in [3.05, 3.63) is 94.8 Å². The lowest BCUT2D eigenvalue weighted by Gasteiger charge is -2.26. The normalized spacial score (nSPS) is 10.4. The van der Waals surface area contributed by atoms with Crippen LogP contribution in [0, 0.1) is 6.92 Å². The highest BCUT2D eigenvalue weighted by Crippen LogP contribution is 2.17. The number of thiocarbonyl (C=S) groups is 1. The second-order valence-corrected chi connectivity index (χ2v) is 6.96. The first-order valence-electron chi connectivity index (χ1n) is 8.36. The van der Waals surface area contributed by atoms with Gasteiger partial charge in [0.2, 0.25) is 0 Å². The van der Waals surface area contributed by atoms with Crippen LogP contribution < -0.4 is 5.32 Å². The summed E-state index contributed by atoms with van der Waals surface area (Å²) < 4.78 is 0. The standard InChI is InChI=1S/C21H20ClN3S/c1-16-5-7-17(8-6-16)14-25(15-18-9-11-23-12-10-18)21(26)24-20-4-2-3-19(22)13-20/h2-13H,14-15H2,1H3,(H,24,26). The summed E-state index contributed by atoms with van der Waals surface area (Å²) >= 11 is 11.8. The van der Waals surface area contributed by atoms with E-state index in [9.17, 15) is 0 Å². The number of anilines is 1. The number of aromatic nitrogens is 1. The molecule has 0 radical (unpaired) electrons. The molecule has 1 aromatic heterocycles. The Kier molecular flexibility index (Phi) is 6.21. The van der Waals surface area contributed by atoms with E-state index in [1.165, 1.54) is 11.1 Å². The van der Waals surface area contributed by atoms with E-state index < -0.39 is 0 Å². The summed E-state index contributed by atoms with van der Waals surface area (Å²) in [6, 6.07) is 20.1. The zero-order valence-electron chi connectivity index (χ0n) is 14.5. The highest BCUT2D eigenvalue weighted by atomic mass is 35.5. The number of pyridine rings is 1. The van der Waals surface area contributed by atoms with Crippen molar-refractivity contribution in [3.8, 4) is 0 Å². The monoisotopic (exact) mass is 381 g/mol. The molecule has 0 saturated carbocycles. The van der Waals surface area contributed by atoms with Gasteiger partial charge in [0.15, 0.2) is 5.11 Å². The first-order valence-corrected chi connectivity index (χ1v) is 9.15. The third-order valence-corrected chi connectivity index (χ3v) is 4.58. The quantitative estimate of drug-likeness (QED) is 0.595. The van der Waals surface area contributed by atoms with Crippen molar-refractivity contribution in [1.82, 2.24) is 9.88 Å². The van der Waals surface area contributed by atoms with E-state index in [1.54, 1.807) is 12.4 Å². The Labute approximate surface area is 164 Å². The Balaban J connectivity index is 1.78. The Bertz CT molecular complexity index is 866. The molecule has 0 fully saturated rings. The predicted molar refractivity (Wildman–Crippen MR) is 112 cm³/mol. The molecule has 0 saturated heterocycles. The molecule has 0 amide bonds. The molecule has 5 heteroatoms. The van der Waals surface area contributed by atoms with Crippen molar-refractivity contribution in [2.45, 2.75) is 20.0 Å². The van der Waals surface area contributed by atoms with Crippen LogP contribution in [0.2, 0.25) is 5.02 Å². The van der Waals surface area contributed by atoms with E-state index in [0.29, 0.717) is 16.7 Å². The van der Waals surface area contributed by atoms with Crippen LogP contribution in [0.3, 0.4) is 0 Å². The van der Waals surface area contributed by atoms with Gasteiger partial charge in [0, 0.05) is 36.2 Å². The van der Waals surface area contributed by atoms with Crippen LogP contribution in [0.1, 0.15) is 16.7 Å². The molecule has 0 unspecified atom stereocenters. The summed E-state index contributed by atoms with van der Waals surface area (Å²) in [4.78, 5) is 6.22. The van der Waals surface area contributed by atoms with Crippen molar-refractivity contribution >= 4 is 34.6 Å². The number of rotatable bonds is 5. The van der Waals surface area contributed by atoms with E-state index in [2.05, 4.69) is 46.4 Å². The van der Waals surface area contributed by atoms with Crippen LogP contribution in [0.15, 0.2) is 73.1 Å². The van der Waals surface area contributed by atoms with Gasteiger partial charge < -0.3 is 10.2 Å². The van der Waals surface area contributed by atoms with Gasteiger partial charge in [-0.1, -0.05) is 47.5 Å². The minimum Gasteiger partial charge on any atom is -0.340 e. The van der Waals surface area contributed by atoms with Crippen LogP contribution in [0.25, 0.3) is 0 Å². The summed E-state index contributed by atoms with van der Waals surface area (Å²) in [5.41, 5.74) is 4.49. The van der Waals surface area contributed by atoms with Crippen LogP contribution in [-0.2, 0) is 13.1 Å². The molecule has 0 spiro atoms. The average molecular weight is 382 g/mol. The Hall–Kier alpha value is -2.43. The second kappa shape index (κ2) is 8.79. The van der Waals surface area contributed by atoms with Crippen molar-refractivity contribution in [1.29, 1.82) is 0 Å². The van der Waals surface area contributed by atoms with Crippen LogP contribution in [0.4, 0.5) is 5.69 Å². The number of aryl methyl sites for hydroxylation is 1. The summed E-state index contributed by atoms with van der Waals surface area (Å²) in [6.45, 7) is 3.50. The number of hydrogen-bond donors (Lipinski definition) is 1. The fourth-order valence-electron chi connectivity index (χ4n) is 2.59. The van der Waals surface area contributed by atoms with Crippen molar-refractivity contribution in [2.75, 3.05) is 5.32 Å². The largest absolute Gasteiger partial charge is 0.340 e. The highest BCUT2D eigenvalue weighted by Gasteiger charge is 2.12. The lowest BCUT2D eigenvalue weighted by Crippen LogP contribution is -2.33. The zero-order chi connectivity index (χ0) is 18.4. The van der Waals surface area contributed by atoms with Gasteiger partial charge in [-0.25, -0.2) is 0 Å². The van der Waals surface area contributed by atoms with Crippen molar-refractivity contribution in [3.63, 3.8) is 0 Å². The van der Waals surface area contributed by atoms with Crippen LogP contribution in [0.5, 0.6) is 0 Å². The summed E-state index contributed by atoms with van der Waals surface area (Å²) in [7, 11) is 0. The van der Waals surface area contributed by atoms with Gasteiger partial charge in [0.25, 0.3) is 0 Å². The molecule has 0 bridgehead atoms. The van der Waals surface area contributed by atoms with Gasteiger partial charge >= 0.3 is 0 Å². The van der Waals surface area contributed by atoms with Gasteiger partial charge in [-0.05, 0) is 60.6 Å². The average Bonchev–Trinajstić information content (AvgIpc) is 2.64. The van der Waals surface area contributed by atoms with E-state index in [-0.39, 0.29) is 0 Å². The molecule has 3 rings (SSSR count). The Morgan fingerprint density at radius 2 is 1.65 bits per heavy atom. The minimum absolute atomic E-state index is 0.657. The zero-order valence-corrected chi connectivity index (χ0v) is 16.1. The van der Waals surface area contributed by atoms with Gasteiger partial charge in [-0.2, -0.15) is 0 Å². The second-order valence-electron chi connectivity index (χ2n) is 6.14. The van der Waals surface area contributed by atoms with Gasteiger partial charge in [-0.3, -0.25) is 4.98 Å². The molecule has 0 aliphatic carbocycles. The van der Waals surface area contributed by atoms with Crippen LogP contribution >= 0.6 is 23.8 Å². The summed E-state index contributed by atoms with van der Waals surface area (Å²) in [6.07, 6.45) is 3.60. The number of hydrogen-bond acceptors (Lipinski definition) is 2. The van der Waals surface area contributed by atoms with E-state index in [0.717, 1.165) is 17.8 Å². The van der Waals surface area contributed by atoms with Crippen LogP contribution in [-0.4, -0.2) is 15.0 Å². The number of nitrogens with zero attached hydrogens (tertiary/aromatic N) is 2. The van der Waals surface area contributed by atoms with E-state index >= 15 is 0 Å². The fourth-order valence-corrected chi connectivity index (χ4v) is 3.03. The molecule has 3 nitrogen and oxygen atoms in total. The molecule has 2 aromatic carbocycles. The Morgan fingerprint density at radius 1 is 1.00 bits per heavy atom. The molecular weight excluding hydrogens is 362 g/mol. The first kappa shape index (κ1) is 18.4. The van der Waals surface area contributed by atoms with Gasteiger partial charge in [0.1, 0.15) is 0 Å². The number of benzene rings is 2. The van der Waals surface area contributed by atoms with Gasteiger partial charge in [-0.15, -0.1) is 0 Å². The molecule has 3 aromatic rings. The molecule has 1 N–H and O–H groups in total. The maximum absolute atomic E-state index is 6.08. The van der Waals surface area contributed by atoms with Crippen molar-refractivity contribution in [2.24, 2.45) is 0 Å². The number of halogens is 1. The third-order valence-electron chi connectivity index (χ3n) is 3.98. The van der Waals surface area contributed by atoms with Crippen molar-refractivity contribution < 1.29 is 0 Å². The highest BCUT2D eigenvalue weighted by molar-refractivity contribution is 7.80. The van der Waals surface area contributed by atoms with Gasteiger partial charge in [0.05, 0.1) is 0 Å². The summed E-state index contributed by atoms with van der Waals surface area (Å²) in [5, 5.41) is 4.63. The molecule has 132 valence electrons.